The van der Waals surface area contributed by atoms with Gasteiger partial charge in [0.2, 0.25) is 0 Å². The number of thiazole rings is 1. The smallest absolute Gasteiger partial charge is 0.127 e. The fourth-order valence-electron chi connectivity index (χ4n) is 2.07. The third-order valence-electron chi connectivity index (χ3n) is 2.87. The number of hydrogen-bond donors (Lipinski definition) is 1. The van der Waals surface area contributed by atoms with E-state index in [4.69, 9.17) is 0 Å². The minimum atomic E-state index is 0. The Morgan fingerprint density at radius 1 is 1.12 bits per heavy atom. The van der Waals surface area contributed by atoms with Gasteiger partial charge in [0.05, 0.1) is 15.2 Å². The predicted molar refractivity (Wildman–Crippen MR) is 75.5 cm³/mol. The summed E-state index contributed by atoms with van der Waals surface area (Å²) in [5, 5.41) is 13.1. The first kappa shape index (κ1) is 12.1. The summed E-state index contributed by atoms with van der Waals surface area (Å²) in [5.74, 6) is 0.381. The minimum Gasteiger partial charge on any atom is -0.507 e. The third-order valence-corrected chi connectivity index (χ3v) is 3.96. The molecule has 3 aromatic rings. The first-order valence-corrected chi connectivity index (χ1v) is 5.97. The van der Waals surface area contributed by atoms with Crippen LogP contribution >= 0.6 is 23.7 Å². The molecule has 1 aromatic heterocycles. The van der Waals surface area contributed by atoms with Gasteiger partial charge in [0, 0.05) is 16.3 Å². The number of phenols is 1. The molecule has 1 heterocycles. The second kappa shape index (κ2) is 4.17. The van der Waals surface area contributed by atoms with Gasteiger partial charge in [-0.2, -0.15) is 0 Å². The summed E-state index contributed by atoms with van der Waals surface area (Å²) in [6, 6.07) is 7.86. The molecular formula is C13H12ClNOS. The second-order valence-electron chi connectivity index (χ2n) is 3.93. The van der Waals surface area contributed by atoms with E-state index in [1.54, 1.807) is 11.3 Å². The summed E-state index contributed by atoms with van der Waals surface area (Å²) in [7, 11) is 0. The predicted octanol–water partition coefficient (Wildman–Crippen LogP) is 4.19. The van der Waals surface area contributed by atoms with E-state index in [1.807, 2.05) is 38.1 Å². The summed E-state index contributed by atoms with van der Waals surface area (Å²) in [5.41, 5.74) is 1.94. The Balaban J connectivity index is 0.00000108. The van der Waals surface area contributed by atoms with Gasteiger partial charge in [-0.25, -0.2) is 4.98 Å². The maximum absolute atomic E-state index is 10.1. The number of hydrogen-bond acceptors (Lipinski definition) is 3. The fourth-order valence-corrected chi connectivity index (χ4v) is 3.00. The van der Waals surface area contributed by atoms with Crippen LogP contribution in [0.2, 0.25) is 0 Å². The number of rotatable bonds is 0. The summed E-state index contributed by atoms with van der Waals surface area (Å²) in [6.07, 6.45) is 0. The van der Waals surface area contributed by atoms with Crippen molar-refractivity contribution in [3.05, 3.63) is 34.8 Å². The zero-order chi connectivity index (χ0) is 11.3. The maximum atomic E-state index is 10.1. The number of phenolic OH excluding ortho intramolecular Hbond substituents is 1. The van der Waals surface area contributed by atoms with Gasteiger partial charge in [0.15, 0.2) is 0 Å². The highest BCUT2D eigenvalue weighted by molar-refractivity contribution is 7.18. The number of benzene rings is 2. The molecule has 1 N–H and O–H groups in total. The van der Waals surface area contributed by atoms with E-state index in [9.17, 15) is 5.11 Å². The molecule has 0 radical (unpaired) electrons. The van der Waals surface area contributed by atoms with E-state index in [-0.39, 0.29) is 12.4 Å². The molecule has 4 heteroatoms. The number of aryl methyl sites for hydroxylation is 2. The largest absolute Gasteiger partial charge is 0.507 e. The zero-order valence-electron chi connectivity index (χ0n) is 9.52. The van der Waals surface area contributed by atoms with Gasteiger partial charge in [-0.15, -0.1) is 23.7 Å². The lowest BCUT2D eigenvalue weighted by molar-refractivity contribution is 0.478. The molecule has 0 saturated carbocycles. The summed E-state index contributed by atoms with van der Waals surface area (Å²) < 4.78 is 1.09. The molecule has 0 saturated heterocycles. The van der Waals surface area contributed by atoms with Crippen LogP contribution in [0.1, 0.15) is 10.6 Å². The molecule has 0 bridgehead atoms. The molecule has 0 aliphatic heterocycles. The molecule has 0 unspecified atom stereocenters. The SMILES string of the molecule is Cc1nc2c(s1)c(C)c(O)c1ccccc12.Cl. The molecule has 2 aromatic carbocycles. The van der Waals surface area contributed by atoms with Crippen molar-refractivity contribution >= 4 is 44.7 Å². The van der Waals surface area contributed by atoms with Crippen molar-refractivity contribution in [1.29, 1.82) is 0 Å². The first-order chi connectivity index (χ1) is 7.68. The Kier molecular flexibility index (Phi) is 2.98. The Hall–Kier alpha value is -1.32. The van der Waals surface area contributed by atoms with Gasteiger partial charge in [0.25, 0.3) is 0 Å². The lowest BCUT2D eigenvalue weighted by atomic mass is 10.0. The summed E-state index contributed by atoms with van der Waals surface area (Å²) in [6.45, 7) is 3.94. The lowest BCUT2D eigenvalue weighted by Crippen LogP contribution is -1.81. The van der Waals surface area contributed by atoms with E-state index >= 15 is 0 Å². The monoisotopic (exact) mass is 265 g/mol. The van der Waals surface area contributed by atoms with Crippen LogP contribution in [-0.4, -0.2) is 10.1 Å². The molecule has 88 valence electrons. The number of aromatic nitrogens is 1. The van der Waals surface area contributed by atoms with Crippen LogP contribution in [0, 0.1) is 13.8 Å². The van der Waals surface area contributed by atoms with Crippen molar-refractivity contribution in [2.45, 2.75) is 13.8 Å². The molecule has 0 aliphatic rings. The van der Waals surface area contributed by atoms with Crippen LogP contribution in [0.25, 0.3) is 21.0 Å². The number of aromatic hydroxyl groups is 1. The Bertz CT molecular complexity index is 705. The summed E-state index contributed by atoms with van der Waals surface area (Å²) in [4.78, 5) is 4.55. The molecule has 3 rings (SSSR count). The van der Waals surface area contributed by atoms with Crippen molar-refractivity contribution in [3.8, 4) is 5.75 Å². The topological polar surface area (TPSA) is 33.1 Å². The Morgan fingerprint density at radius 3 is 2.47 bits per heavy atom. The standard InChI is InChI=1S/C13H11NOS.ClH/c1-7-12(15)10-6-4-3-5-9(10)11-13(7)16-8(2)14-11;/h3-6,15H,1-2H3;1H. The highest BCUT2D eigenvalue weighted by atomic mass is 35.5. The average Bonchev–Trinajstić information content (AvgIpc) is 2.68. The molecule has 0 atom stereocenters. The molecule has 17 heavy (non-hydrogen) atoms. The van der Waals surface area contributed by atoms with E-state index in [0.717, 1.165) is 31.6 Å². The molecule has 0 spiro atoms. The van der Waals surface area contributed by atoms with Crippen molar-refractivity contribution in [2.75, 3.05) is 0 Å². The van der Waals surface area contributed by atoms with Gasteiger partial charge in [-0.05, 0) is 13.8 Å². The van der Waals surface area contributed by atoms with Crippen LogP contribution < -0.4 is 0 Å². The zero-order valence-corrected chi connectivity index (χ0v) is 11.2. The van der Waals surface area contributed by atoms with Crippen LogP contribution in [-0.2, 0) is 0 Å². The third kappa shape index (κ3) is 1.66. The molecule has 0 aliphatic carbocycles. The van der Waals surface area contributed by atoms with Crippen LogP contribution in [0.15, 0.2) is 24.3 Å². The van der Waals surface area contributed by atoms with E-state index in [0.29, 0.717) is 5.75 Å². The number of fused-ring (bicyclic) bond motifs is 3. The molecule has 0 fully saturated rings. The van der Waals surface area contributed by atoms with Crippen LogP contribution in [0.4, 0.5) is 0 Å². The molecular weight excluding hydrogens is 254 g/mol. The highest BCUT2D eigenvalue weighted by Gasteiger charge is 2.13. The number of halogens is 1. The number of nitrogens with zero attached hydrogens (tertiary/aromatic N) is 1. The van der Waals surface area contributed by atoms with E-state index in [1.165, 1.54) is 0 Å². The average molecular weight is 266 g/mol. The normalized spacial score (nSPS) is 10.7. The van der Waals surface area contributed by atoms with Gasteiger partial charge in [0.1, 0.15) is 5.75 Å². The summed E-state index contributed by atoms with van der Waals surface area (Å²) >= 11 is 1.64. The minimum absolute atomic E-state index is 0. The second-order valence-corrected chi connectivity index (χ2v) is 5.13. The Morgan fingerprint density at radius 2 is 1.76 bits per heavy atom. The lowest BCUT2D eigenvalue weighted by Gasteiger charge is -2.05. The Labute approximate surface area is 109 Å². The van der Waals surface area contributed by atoms with Crippen molar-refractivity contribution in [3.63, 3.8) is 0 Å². The van der Waals surface area contributed by atoms with Gasteiger partial charge in [-0.1, -0.05) is 24.3 Å². The van der Waals surface area contributed by atoms with Crippen molar-refractivity contribution in [2.24, 2.45) is 0 Å². The van der Waals surface area contributed by atoms with Crippen molar-refractivity contribution in [1.82, 2.24) is 4.98 Å². The molecule has 2 nitrogen and oxygen atoms in total. The van der Waals surface area contributed by atoms with Gasteiger partial charge in [-0.3, -0.25) is 0 Å². The first-order valence-electron chi connectivity index (χ1n) is 5.16. The van der Waals surface area contributed by atoms with Gasteiger partial charge < -0.3 is 5.11 Å². The van der Waals surface area contributed by atoms with Crippen LogP contribution in [0.5, 0.6) is 5.75 Å². The van der Waals surface area contributed by atoms with Crippen molar-refractivity contribution < 1.29 is 5.11 Å². The molecule has 0 amide bonds. The van der Waals surface area contributed by atoms with Crippen LogP contribution in [0.3, 0.4) is 0 Å². The fraction of sp³-hybridized carbons (Fsp3) is 0.154. The van der Waals surface area contributed by atoms with Gasteiger partial charge >= 0.3 is 0 Å². The quantitative estimate of drug-likeness (QED) is 0.661. The van der Waals surface area contributed by atoms with E-state index in [2.05, 4.69) is 4.98 Å². The van der Waals surface area contributed by atoms with E-state index < -0.39 is 0 Å². The highest BCUT2D eigenvalue weighted by Crippen LogP contribution is 2.38. The maximum Gasteiger partial charge on any atom is 0.127 e.